The second kappa shape index (κ2) is 6.14. The van der Waals surface area contributed by atoms with E-state index in [2.05, 4.69) is 35.4 Å². The average molecular weight is 284 g/mol. The number of hydrogen-bond acceptors (Lipinski definition) is 4. The highest BCUT2D eigenvalue weighted by Crippen LogP contribution is 2.33. The zero-order valence-electron chi connectivity index (χ0n) is 12.4. The van der Waals surface area contributed by atoms with Gasteiger partial charge >= 0.3 is 0 Å². The van der Waals surface area contributed by atoms with Crippen molar-refractivity contribution < 1.29 is 9.47 Å². The Hall–Kier alpha value is -2.07. The number of aromatic nitrogens is 1. The van der Waals surface area contributed by atoms with Gasteiger partial charge in [-0.1, -0.05) is 12.1 Å². The average Bonchev–Trinajstić information content (AvgIpc) is 2.73. The lowest BCUT2D eigenvalue weighted by Gasteiger charge is -2.19. The largest absolute Gasteiger partial charge is 0.490 e. The molecule has 2 heterocycles. The fraction of sp³-hybridized carbons (Fsp3) is 0.353. The van der Waals surface area contributed by atoms with E-state index in [1.54, 1.807) is 0 Å². The van der Waals surface area contributed by atoms with E-state index in [9.17, 15) is 0 Å². The maximum Gasteiger partial charge on any atom is 0.161 e. The Morgan fingerprint density at radius 2 is 1.86 bits per heavy atom. The van der Waals surface area contributed by atoms with E-state index in [1.807, 2.05) is 25.5 Å². The Kier molecular flexibility index (Phi) is 4.06. The van der Waals surface area contributed by atoms with Crippen molar-refractivity contribution in [3.63, 3.8) is 0 Å². The molecule has 0 spiro atoms. The molecule has 0 fully saturated rings. The van der Waals surface area contributed by atoms with Gasteiger partial charge in [-0.05, 0) is 42.8 Å². The maximum absolute atomic E-state index is 5.77. The predicted octanol–water partition coefficient (Wildman–Crippen LogP) is 2.86. The molecule has 110 valence electrons. The van der Waals surface area contributed by atoms with Crippen molar-refractivity contribution in [1.29, 1.82) is 0 Å². The van der Waals surface area contributed by atoms with Gasteiger partial charge in [-0.2, -0.15) is 0 Å². The second-order valence-electron chi connectivity index (χ2n) is 5.27. The van der Waals surface area contributed by atoms with E-state index < -0.39 is 0 Å². The number of hydrogen-bond donors (Lipinski definition) is 1. The van der Waals surface area contributed by atoms with Crippen LogP contribution in [0.3, 0.4) is 0 Å². The summed E-state index contributed by atoms with van der Waals surface area (Å²) < 4.78 is 11.5. The molecule has 1 aromatic heterocycles. The predicted molar refractivity (Wildman–Crippen MR) is 81.9 cm³/mol. The molecule has 4 heteroatoms. The van der Waals surface area contributed by atoms with Crippen LogP contribution < -0.4 is 14.8 Å². The summed E-state index contributed by atoms with van der Waals surface area (Å²) in [6.07, 6.45) is 4.68. The van der Waals surface area contributed by atoms with Crippen LogP contribution in [0.15, 0.2) is 36.7 Å². The molecule has 0 bridgehead atoms. The summed E-state index contributed by atoms with van der Waals surface area (Å²) in [7, 11) is 1.95. The van der Waals surface area contributed by atoms with Gasteiger partial charge in [0.2, 0.25) is 0 Å². The van der Waals surface area contributed by atoms with Crippen LogP contribution in [0.25, 0.3) is 0 Å². The molecule has 0 radical (unpaired) electrons. The van der Waals surface area contributed by atoms with Crippen molar-refractivity contribution in [1.82, 2.24) is 10.3 Å². The number of ether oxygens (including phenoxy) is 2. The Morgan fingerprint density at radius 1 is 1.05 bits per heavy atom. The van der Waals surface area contributed by atoms with Gasteiger partial charge in [0.05, 0.1) is 19.3 Å². The number of rotatable bonds is 3. The van der Waals surface area contributed by atoms with Gasteiger partial charge in [-0.15, -0.1) is 0 Å². The van der Waals surface area contributed by atoms with Gasteiger partial charge in [-0.25, -0.2) is 0 Å². The Bertz CT molecular complexity index is 628. The van der Waals surface area contributed by atoms with Gasteiger partial charge in [0.1, 0.15) is 0 Å². The van der Waals surface area contributed by atoms with Crippen molar-refractivity contribution in [2.75, 3.05) is 20.3 Å². The van der Waals surface area contributed by atoms with Gasteiger partial charge in [0.25, 0.3) is 0 Å². The fourth-order valence-electron chi connectivity index (χ4n) is 2.62. The van der Waals surface area contributed by atoms with Crippen molar-refractivity contribution >= 4 is 0 Å². The van der Waals surface area contributed by atoms with Crippen LogP contribution in [-0.2, 0) is 0 Å². The first-order chi connectivity index (χ1) is 10.3. The third kappa shape index (κ3) is 3.00. The number of fused-ring (bicyclic) bond motifs is 1. The first-order valence-electron chi connectivity index (χ1n) is 7.26. The number of benzene rings is 1. The summed E-state index contributed by atoms with van der Waals surface area (Å²) >= 11 is 0. The van der Waals surface area contributed by atoms with Crippen LogP contribution in [0.2, 0.25) is 0 Å². The summed E-state index contributed by atoms with van der Waals surface area (Å²) in [6, 6.07) is 8.37. The molecule has 21 heavy (non-hydrogen) atoms. The van der Waals surface area contributed by atoms with Crippen molar-refractivity contribution in [3.05, 3.63) is 53.3 Å². The molecule has 0 saturated carbocycles. The monoisotopic (exact) mass is 284 g/mol. The Balaban J connectivity index is 1.96. The minimum atomic E-state index is 0.0922. The van der Waals surface area contributed by atoms with Crippen LogP contribution >= 0.6 is 0 Å². The van der Waals surface area contributed by atoms with Crippen LogP contribution in [-0.4, -0.2) is 25.2 Å². The highest BCUT2D eigenvalue weighted by atomic mass is 16.5. The van der Waals surface area contributed by atoms with Crippen molar-refractivity contribution in [3.8, 4) is 11.5 Å². The summed E-state index contributed by atoms with van der Waals surface area (Å²) in [5.41, 5.74) is 3.45. The molecule has 0 saturated heterocycles. The number of aryl methyl sites for hydroxylation is 1. The van der Waals surface area contributed by atoms with Crippen LogP contribution in [0.1, 0.15) is 29.2 Å². The lowest BCUT2D eigenvalue weighted by molar-refractivity contribution is 0.297. The van der Waals surface area contributed by atoms with Crippen molar-refractivity contribution in [2.24, 2.45) is 0 Å². The molecule has 1 unspecified atom stereocenters. The highest BCUT2D eigenvalue weighted by Gasteiger charge is 2.17. The highest BCUT2D eigenvalue weighted by molar-refractivity contribution is 5.46. The summed E-state index contributed by atoms with van der Waals surface area (Å²) in [4.78, 5) is 4.29. The zero-order valence-corrected chi connectivity index (χ0v) is 12.4. The summed E-state index contributed by atoms with van der Waals surface area (Å²) in [6.45, 7) is 3.47. The number of nitrogens with one attached hydrogen (secondary N) is 1. The standard InChI is InChI=1S/C17H20N2O2/c1-12-8-14(11-19-10-12)17(18-2)13-4-5-15-16(9-13)21-7-3-6-20-15/h4-5,8-11,17-18H,3,6-7H2,1-2H3. The minimum absolute atomic E-state index is 0.0922. The Labute approximate surface area is 125 Å². The minimum Gasteiger partial charge on any atom is -0.490 e. The molecule has 1 N–H and O–H groups in total. The van der Waals surface area contributed by atoms with Gasteiger partial charge in [0, 0.05) is 18.8 Å². The fourth-order valence-corrected chi connectivity index (χ4v) is 2.62. The third-order valence-corrected chi connectivity index (χ3v) is 3.62. The molecule has 4 nitrogen and oxygen atoms in total. The van der Waals surface area contributed by atoms with Gasteiger partial charge in [0.15, 0.2) is 11.5 Å². The van der Waals surface area contributed by atoms with Crippen molar-refractivity contribution in [2.45, 2.75) is 19.4 Å². The molecule has 1 aliphatic heterocycles. The van der Waals surface area contributed by atoms with E-state index in [4.69, 9.17) is 9.47 Å². The van der Waals surface area contributed by atoms with Crippen LogP contribution in [0, 0.1) is 6.92 Å². The molecule has 0 aliphatic carbocycles. The lowest BCUT2D eigenvalue weighted by atomic mass is 9.99. The normalized spacial score (nSPS) is 15.3. The topological polar surface area (TPSA) is 43.4 Å². The van der Waals surface area contributed by atoms with E-state index in [1.165, 1.54) is 0 Å². The van der Waals surface area contributed by atoms with Gasteiger partial charge in [-0.3, -0.25) is 4.98 Å². The third-order valence-electron chi connectivity index (χ3n) is 3.62. The van der Waals surface area contributed by atoms with E-state index >= 15 is 0 Å². The molecule has 3 rings (SSSR count). The van der Waals surface area contributed by atoms with E-state index in [0.29, 0.717) is 13.2 Å². The quantitative estimate of drug-likeness (QED) is 0.941. The Morgan fingerprint density at radius 3 is 2.62 bits per heavy atom. The summed E-state index contributed by atoms with van der Waals surface area (Å²) in [5, 5.41) is 3.35. The van der Waals surface area contributed by atoms with Crippen LogP contribution in [0.5, 0.6) is 11.5 Å². The number of pyridine rings is 1. The van der Waals surface area contributed by atoms with E-state index in [-0.39, 0.29) is 6.04 Å². The first kappa shape index (κ1) is 13.9. The van der Waals surface area contributed by atoms with Crippen LogP contribution in [0.4, 0.5) is 0 Å². The molecule has 0 amide bonds. The number of nitrogens with zero attached hydrogens (tertiary/aromatic N) is 1. The first-order valence-corrected chi connectivity index (χ1v) is 7.26. The van der Waals surface area contributed by atoms with E-state index in [0.717, 1.165) is 34.6 Å². The molecule has 2 aromatic rings. The molecule has 1 atom stereocenters. The summed E-state index contributed by atoms with van der Waals surface area (Å²) in [5.74, 6) is 1.65. The lowest BCUT2D eigenvalue weighted by Crippen LogP contribution is -2.18. The molecule has 1 aromatic carbocycles. The molecular weight excluding hydrogens is 264 g/mol. The smallest absolute Gasteiger partial charge is 0.161 e. The van der Waals surface area contributed by atoms with Gasteiger partial charge < -0.3 is 14.8 Å². The second-order valence-corrected chi connectivity index (χ2v) is 5.27. The zero-order chi connectivity index (χ0) is 14.7. The molecule has 1 aliphatic rings. The molecular formula is C17H20N2O2. The SMILES string of the molecule is CNC(c1cncc(C)c1)c1ccc2c(c1)OCCCO2. The maximum atomic E-state index is 5.77.